The summed E-state index contributed by atoms with van der Waals surface area (Å²) in [5, 5.41) is 3.30. The van der Waals surface area contributed by atoms with Crippen molar-refractivity contribution in [3.05, 3.63) is 0 Å². The van der Waals surface area contributed by atoms with Gasteiger partial charge in [-0.3, -0.25) is 9.59 Å². The second-order valence-electron chi connectivity index (χ2n) is 5.81. The van der Waals surface area contributed by atoms with Crippen LogP contribution in [0.3, 0.4) is 0 Å². The monoisotopic (exact) mass is 267 g/mol. The first-order chi connectivity index (χ1) is 9.11. The van der Waals surface area contributed by atoms with E-state index in [4.69, 9.17) is 0 Å². The summed E-state index contributed by atoms with van der Waals surface area (Å²) in [7, 11) is 0. The minimum absolute atomic E-state index is 0.133. The molecule has 0 bridgehead atoms. The van der Waals surface area contributed by atoms with Crippen LogP contribution in [0.1, 0.15) is 33.1 Å². The first kappa shape index (κ1) is 14.3. The van der Waals surface area contributed by atoms with Crippen molar-refractivity contribution in [1.82, 2.24) is 15.1 Å². The molecule has 2 aliphatic heterocycles. The number of carbonyl (C=O) groups is 2. The van der Waals surface area contributed by atoms with Crippen LogP contribution < -0.4 is 5.32 Å². The Balaban J connectivity index is 2.09. The molecule has 5 nitrogen and oxygen atoms in total. The van der Waals surface area contributed by atoms with Crippen molar-refractivity contribution < 1.29 is 9.59 Å². The molecule has 0 aromatic heterocycles. The Morgan fingerprint density at radius 3 is 2.58 bits per heavy atom. The van der Waals surface area contributed by atoms with Gasteiger partial charge in [-0.2, -0.15) is 0 Å². The summed E-state index contributed by atoms with van der Waals surface area (Å²) >= 11 is 0. The van der Waals surface area contributed by atoms with Gasteiger partial charge in [-0.1, -0.05) is 13.8 Å². The summed E-state index contributed by atoms with van der Waals surface area (Å²) in [5.41, 5.74) is 0. The number of likely N-dealkylation sites (tertiary alicyclic amines) is 1. The van der Waals surface area contributed by atoms with Crippen molar-refractivity contribution in [2.45, 2.75) is 39.2 Å². The number of amides is 2. The Morgan fingerprint density at radius 1 is 1.16 bits per heavy atom. The minimum Gasteiger partial charge on any atom is -0.340 e. The van der Waals surface area contributed by atoms with Gasteiger partial charge < -0.3 is 15.1 Å². The highest BCUT2D eigenvalue weighted by Gasteiger charge is 2.37. The van der Waals surface area contributed by atoms with Crippen LogP contribution in [-0.4, -0.2) is 60.4 Å². The van der Waals surface area contributed by atoms with Crippen molar-refractivity contribution in [1.29, 1.82) is 0 Å². The fraction of sp³-hybridized carbons (Fsp3) is 0.857. The van der Waals surface area contributed by atoms with Crippen molar-refractivity contribution in [3.8, 4) is 0 Å². The SMILES string of the molecule is CC(C)C(C(=O)N1CCCNCC1)N1CCCC1=O. The Bertz CT molecular complexity index is 336. The van der Waals surface area contributed by atoms with Crippen molar-refractivity contribution in [3.63, 3.8) is 0 Å². The predicted octanol–water partition coefficient (Wildman–Crippen LogP) is 0.455. The molecule has 5 heteroatoms. The molecule has 0 saturated carbocycles. The molecule has 1 unspecified atom stereocenters. The molecule has 2 amide bonds. The van der Waals surface area contributed by atoms with Crippen molar-refractivity contribution in [2.75, 3.05) is 32.7 Å². The van der Waals surface area contributed by atoms with Gasteiger partial charge in [0.2, 0.25) is 11.8 Å². The minimum atomic E-state index is -0.270. The highest BCUT2D eigenvalue weighted by Crippen LogP contribution is 2.21. The van der Waals surface area contributed by atoms with Crippen LogP contribution in [-0.2, 0) is 9.59 Å². The molecule has 0 aromatic rings. The number of hydrogen-bond acceptors (Lipinski definition) is 3. The lowest BCUT2D eigenvalue weighted by Gasteiger charge is -2.34. The van der Waals surface area contributed by atoms with Crippen LogP contribution in [0.4, 0.5) is 0 Å². The largest absolute Gasteiger partial charge is 0.340 e. The lowest BCUT2D eigenvalue weighted by atomic mass is 10.0. The first-order valence-corrected chi connectivity index (χ1v) is 7.40. The summed E-state index contributed by atoms with van der Waals surface area (Å²) in [5.74, 6) is 0.444. The van der Waals surface area contributed by atoms with E-state index in [0.717, 1.165) is 45.6 Å². The van der Waals surface area contributed by atoms with Gasteiger partial charge in [0, 0.05) is 32.6 Å². The number of nitrogens with one attached hydrogen (secondary N) is 1. The van der Waals surface area contributed by atoms with Crippen LogP contribution in [0.2, 0.25) is 0 Å². The number of hydrogen-bond donors (Lipinski definition) is 1. The number of rotatable bonds is 3. The molecule has 2 heterocycles. The fourth-order valence-electron chi connectivity index (χ4n) is 2.99. The number of nitrogens with zero attached hydrogens (tertiary/aromatic N) is 2. The van der Waals surface area contributed by atoms with Gasteiger partial charge in [-0.05, 0) is 25.3 Å². The molecule has 2 aliphatic rings. The summed E-state index contributed by atoms with van der Waals surface area (Å²) in [6, 6.07) is -0.270. The quantitative estimate of drug-likeness (QED) is 0.808. The molecular weight excluding hydrogens is 242 g/mol. The zero-order valence-corrected chi connectivity index (χ0v) is 12.0. The standard InChI is InChI=1S/C14H25N3O2/c1-11(2)13(17-9-3-5-12(17)18)14(19)16-8-4-6-15-7-10-16/h11,13,15H,3-10H2,1-2H3. The summed E-state index contributed by atoms with van der Waals surface area (Å²) in [4.78, 5) is 28.4. The van der Waals surface area contributed by atoms with E-state index in [1.807, 2.05) is 18.7 Å². The van der Waals surface area contributed by atoms with E-state index >= 15 is 0 Å². The lowest BCUT2D eigenvalue weighted by molar-refractivity contribution is -0.145. The molecule has 108 valence electrons. The van der Waals surface area contributed by atoms with E-state index in [0.29, 0.717) is 6.42 Å². The molecule has 0 aliphatic carbocycles. The van der Waals surface area contributed by atoms with E-state index in [9.17, 15) is 9.59 Å². The topological polar surface area (TPSA) is 52.7 Å². The van der Waals surface area contributed by atoms with Crippen LogP contribution in [0.25, 0.3) is 0 Å². The summed E-state index contributed by atoms with van der Waals surface area (Å²) < 4.78 is 0. The molecule has 19 heavy (non-hydrogen) atoms. The zero-order valence-electron chi connectivity index (χ0n) is 12.0. The van der Waals surface area contributed by atoms with Gasteiger partial charge >= 0.3 is 0 Å². The van der Waals surface area contributed by atoms with E-state index < -0.39 is 0 Å². The smallest absolute Gasteiger partial charge is 0.245 e. The lowest BCUT2D eigenvalue weighted by Crippen LogP contribution is -2.52. The fourth-order valence-corrected chi connectivity index (χ4v) is 2.99. The zero-order chi connectivity index (χ0) is 13.8. The van der Waals surface area contributed by atoms with Crippen LogP contribution in [0, 0.1) is 5.92 Å². The van der Waals surface area contributed by atoms with E-state index in [2.05, 4.69) is 5.32 Å². The van der Waals surface area contributed by atoms with Crippen molar-refractivity contribution in [2.24, 2.45) is 5.92 Å². The van der Waals surface area contributed by atoms with E-state index in [1.54, 1.807) is 4.90 Å². The van der Waals surface area contributed by atoms with Gasteiger partial charge in [0.1, 0.15) is 6.04 Å². The normalized spacial score (nSPS) is 22.8. The maximum absolute atomic E-state index is 12.7. The third kappa shape index (κ3) is 3.26. The average Bonchev–Trinajstić information content (AvgIpc) is 2.66. The van der Waals surface area contributed by atoms with Gasteiger partial charge in [0.15, 0.2) is 0 Å². The van der Waals surface area contributed by atoms with Gasteiger partial charge in [0.05, 0.1) is 0 Å². The Labute approximate surface area is 115 Å². The van der Waals surface area contributed by atoms with Gasteiger partial charge in [-0.15, -0.1) is 0 Å². The average molecular weight is 267 g/mol. The predicted molar refractivity (Wildman–Crippen MR) is 73.6 cm³/mol. The van der Waals surface area contributed by atoms with Crippen LogP contribution >= 0.6 is 0 Å². The Morgan fingerprint density at radius 2 is 1.95 bits per heavy atom. The summed E-state index contributed by atoms with van der Waals surface area (Å²) in [6.07, 6.45) is 2.47. The molecule has 1 N–H and O–H groups in total. The molecule has 0 aromatic carbocycles. The molecular formula is C14H25N3O2. The Kier molecular flexibility index (Phi) is 4.80. The van der Waals surface area contributed by atoms with E-state index in [1.165, 1.54) is 0 Å². The molecule has 2 fully saturated rings. The van der Waals surface area contributed by atoms with Crippen molar-refractivity contribution >= 4 is 11.8 Å². The van der Waals surface area contributed by atoms with Gasteiger partial charge in [-0.25, -0.2) is 0 Å². The van der Waals surface area contributed by atoms with Gasteiger partial charge in [0.25, 0.3) is 0 Å². The van der Waals surface area contributed by atoms with Crippen LogP contribution in [0.5, 0.6) is 0 Å². The second kappa shape index (κ2) is 6.37. The molecule has 2 rings (SSSR count). The second-order valence-corrected chi connectivity index (χ2v) is 5.81. The molecule has 0 radical (unpaired) electrons. The maximum Gasteiger partial charge on any atom is 0.245 e. The Hall–Kier alpha value is -1.10. The number of carbonyl (C=O) groups excluding carboxylic acids is 2. The summed E-state index contributed by atoms with van der Waals surface area (Å²) in [6.45, 7) is 8.18. The maximum atomic E-state index is 12.7. The third-order valence-corrected chi connectivity index (χ3v) is 3.98. The van der Waals surface area contributed by atoms with E-state index in [-0.39, 0.29) is 23.8 Å². The molecule has 1 atom stereocenters. The first-order valence-electron chi connectivity index (χ1n) is 7.40. The van der Waals surface area contributed by atoms with Crippen LogP contribution in [0.15, 0.2) is 0 Å². The molecule has 0 spiro atoms. The highest BCUT2D eigenvalue weighted by atomic mass is 16.2. The highest BCUT2D eigenvalue weighted by molar-refractivity contribution is 5.88. The third-order valence-electron chi connectivity index (χ3n) is 3.98. The molecule has 2 saturated heterocycles.